The van der Waals surface area contributed by atoms with Gasteiger partial charge in [-0.1, -0.05) is 19.1 Å². The molecular formula is C9H7F3. The highest BCUT2D eigenvalue weighted by Gasteiger charge is 2.32. The molecule has 1 aromatic rings. The van der Waals surface area contributed by atoms with Crippen molar-refractivity contribution < 1.29 is 13.2 Å². The fourth-order valence-corrected chi connectivity index (χ4v) is 0.967. The zero-order chi connectivity index (χ0) is 9.19. The summed E-state index contributed by atoms with van der Waals surface area (Å²) in [6, 6.07) is 7.23. The van der Waals surface area contributed by atoms with Gasteiger partial charge in [-0.05, 0) is 24.1 Å². The largest absolute Gasteiger partial charge is 0.424 e. The van der Waals surface area contributed by atoms with E-state index in [0.717, 1.165) is 0 Å². The zero-order valence-electron chi connectivity index (χ0n) is 6.50. The molecule has 0 atom stereocenters. The van der Waals surface area contributed by atoms with Gasteiger partial charge < -0.3 is 0 Å². The van der Waals surface area contributed by atoms with Gasteiger partial charge in [0.2, 0.25) is 0 Å². The minimum Gasteiger partial charge on any atom is -0.165 e. The Hall–Kier alpha value is -1.17. The van der Waals surface area contributed by atoms with Crippen LogP contribution >= 0.6 is 0 Å². The number of hydrogen-bond donors (Lipinski definition) is 0. The van der Waals surface area contributed by atoms with Gasteiger partial charge in [-0.2, -0.15) is 13.2 Å². The van der Waals surface area contributed by atoms with Crippen molar-refractivity contribution in [3.05, 3.63) is 35.4 Å². The van der Waals surface area contributed by atoms with E-state index in [0.29, 0.717) is 6.42 Å². The molecule has 0 saturated carbocycles. The Bertz CT molecular complexity index is 263. The molecule has 0 aliphatic carbocycles. The summed E-state index contributed by atoms with van der Waals surface area (Å²) < 4.78 is 36.6. The van der Waals surface area contributed by atoms with E-state index < -0.39 is 11.7 Å². The van der Waals surface area contributed by atoms with Crippen LogP contribution in [0, 0.1) is 12.1 Å². The van der Waals surface area contributed by atoms with Crippen molar-refractivity contribution in [1.82, 2.24) is 0 Å². The van der Waals surface area contributed by atoms with Gasteiger partial charge in [0.05, 0.1) is 0 Å². The first-order chi connectivity index (χ1) is 5.55. The van der Waals surface area contributed by atoms with Crippen LogP contribution in [0.5, 0.6) is 0 Å². The molecule has 0 N–H and O–H groups in total. The molecule has 64 valence electrons. The van der Waals surface area contributed by atoms with Crippen LogP contribution in [-0.2, 0) is 12.6 Å². The molecule has 0 unspecified atom stereocenters. The molecule has 0 nitrogen and oxygen atoms in total. The lowest BCUT2D eigenvalue weighted by atomic mass is 10.1. The Morgan fingerprint density at radius 2 is 2.08 bits per heavy atom. The zero-order valence-corrected chi connectivity index (χ0v) is 6.50. The van der Waals surface area contributed by atoms with E-state index in [9.17, 15) is 13.2 Å². The number of hydrogen-bond acceptors (Lipinski definition) is 0. The van der Waals surface area contributed by atoms with Crippen LogP contribution in [0.4, 0.5) is 13.2 Å². The number of aryl methyl sites for hydroxylation is 1. The van der Waals surface area contributed by atoms with Gasteiger partial charge in [-0.3, -0.25) is 0 Å². The van der Waals surface area contributed by atoms with Crippen molar-refractivity contribution in [2.75, 3.05) is 0 Å². The molecule has 3 heteroatoms. The lowest BCUT2D eigenvalue weighted by Gasteiger charge is -2.07. The molecule has 0 aliphatic heterocycles. The summed E-state index contributed by atoms with van der Waals surface area (Å²) in [5.41, 5.74) is -0.436. The van der Waals surface area contributed by atoms with Crippen molar-refractivity contribution in [2.24, 2.45) is 0 Å². The van der Waals surface area contributed by atoms with E-state index in [4.69, 9.17) is 0 Å². The topological polar surface area (TPSA) is 0 Å². The molecule has 0 saturated heterocycles. The normalized spacial score (nSPS) is 11.0. The standard InChI is InChI=1S/C9H7F3/c1-2-7-5-3-4-6-8(7)9(10,11)12/h3,5H,2H2,1H3. The maximum Gasteiger partial charge on any atom is 0.424 e. The maximum atomic E-state index is 12.2. The molecular weight excluding hydrogens is 165 g/mol. The van der Waals surface area contributed by atoms with E-state index in [1.165, 1.54) is 12.1 Å². The first kappa shape index (κ1) is 8.92. The van der Waals surface area contributed by atoms with Crippen molar-refractivity contribution in [2.45, 2.75) is 19.5 Å². The molecule has 12 heavy (non-hydrogen) atoms. The van der Waals surface area contributed by atoms with Crippen molar-refractivity contribution >= 4 is 0 Å². The second-order valence-corrected chi connectivity index (χ2v) is 2.35. The molecule has 0 amide bonds. The van der Waals surface area contributed by atoms with Gasteiger partial charge in [0.1, 0.15) is 5.56 Å². The van der Waals surface area contributed by atoms with Gasteiger partial charge in [-0.15, -0.1) is 0 Å². The second-order valence-electron chi connectivity index (χ2n) is 2.35. The van der Waals surface area contributed by atoms with Crippen LogP contribution in [-0.4, -0.2) is 0 Å². The van der Waals surface area contributed by atoms with Crippen molar-refractivity contribution in [3.8, 4) is 0 Å². The third-order valence-electron chi connectivity index (χ3n) is 1.55. The van der Waals surface area contributed by atoms with E-state index in [2.05, 4.69) is 12.1 Å². The molecule has 0 spiro atoms. The monoisotopic (exact) mass is 172 g/mol. The van der Waals surface area contributed by atoms with Crippen LogP contribution in [0.1, 0.15) is 18.1 Å². The maximum absolute atomic E-state index is 12.2. The highest BCUT2D eigenvalue weighted by Crippen LogP contribution is 2.30. The van der Waals surface area contributed by atoms with Crippen LogP contribution in [0.3, 0.4) is 0 Å². The molecule has 0 aliphatic rings. The molecule has 0 heterocycles. The molecule has 0 radical (unpaired) electrons. The summed E-state index contributed by atoms with van der Waals surface area (Å²) in [7, 11) is 0. The third kappa shape index (κ3) is 1.70. The van der Waals surface area contributed by atoms with Crippen molar-refractivity contribution in [3.63, 3.8) is 0 Å². The molecule has 1 rings (SSSR count). The quantitative estimate of drug-likeness (QED) is 0.611. The van der Waals surface area contributed by atoms with Gasteiger partial charge in [-0.25, -0.2) is 0 Å². The first-order valence-electron chi connectivity index (χ1n) is 3.54. The molecule has 0 bridgehead atoms. The van der Waals surface area contributed by atoms with Crippen LogP contribution in [0.25, 0.3) is 0 Å². The number of rotatable bonds is 1. The van der Waals surface area contributed by atoms with Crippen LogP contribution in [0.2, 0.25) is 0 Å². The van der Waals surface area contributed by atoms with E-state index in [1.54, 1.807) is 6.92 Å². The van der Waals surface area contributed by atoms with Gasteiger partial charge in [0.15, 0.2) is 0 Å². The second kappa shape index (κ2) is 3.06. The predicted octanol–water partition coefficient (Wildman–Crippen LogP) is 2.87. The summed E-state index contributed by atoms with van der Waals surface area (Å²) >= 11 is 0. The molecule has 0 fully saturated rings. The minimum atomic E-state index is -4.30. The Morgan fingerprint density at radius 1 is 1.42 bits per heavy atom. The summed E-state index contributed by atoms with van der Waals surface area (Å²) in [5, 5.41) is 0. The number of halogens is 3. The molecule has 0 aromatic heterocycles. The first-order valence-corrected chi connectivity index (χ1v) is 3.54. The van der Waals surface area contributed by atoms with Gasteiger partial charge in [0, 0.05) is 0 Å². The smallest absolute Gasteiger partial charge is 0.165 e. The summed E-state index contributed by atoms with van der Waals surface area (Å²) in [4.78, 5) is 0. The average Bonchev–Trinajstić information content (AvgIpc) is 2.03. The lowest BCUT2D eigenvalue weighted by molar-refractivity contribution is -0.138. The third-order valence-corrected chi connectivity index (χ3v) is 1.55. The highest BCUT2D eigenvalue weighted by molar-refractivity contribution is 5.25. The van der Waals surface area contributed by atoms with E-state index in [1.807, 2.05) is 0 Å². The Kier molecular flexibility index (Phi) is 2.27. The average molecular weight is 172 g/mol. The van der Waals surface area contributed by atoms with E-state index >= 15 is 0 Å². The fraction of sp³-hybridized carbons (Fsp3) is 0.333. The van der Waals surface area contributed by atoms with Crippen LogP contribution in [0.15, 0.2) is 12.1 Å². The lowest BCUT2D eigenvalue weighted by Crippen LogP contribution is -2.07. The summed E-state index contributed by atoms with van der Waals surface area (Å²) in [6.07, 6.45) is -3.94. The summed E-state index contributed by atoms with van der Waals surface area (Å²) in [5.74, 6) is 0. The van der Waals surface area contributed by atoms with Gasteiger partial charge in [0.25, 0.3) is 0 Å². The SMILES string of the molecule is CCc1ccc#cc1C(F)(F)F. The summed E-state index contributed by atoms with van der Waals surface area (Å²) in [6.45, 7) is 1.68. The minimum absolute atomic E-state index is 0.265. The highest BCUT2D eigenvalue weighted by atomic mass is 19.4. The Morgan fingerprint density at radius 3 is 2.50 bits per heavy atom. The molecule has 1 aromatic carbocycles. The van der Waals surface area contributed by atoms with Crippen molar-refractivity contribution in [1.29, 1.82) is 0 Å². The van der Waals surface area contributed by atoms with Gasteiger partial charge >= 0.3 is 6.18 Å². The Balaban J connectivity index is 3.14. The van der Waals surface area contributed by atoms with E-state index in [-0.39, 0.29) is 5.56 Å². The number of alkyl halides is 3. The van der Waals surface area contributed by atoms with Crippen LogP contribution < -0.4 is 0 Å². The fourth-order valence-electron chi connectivity index (χ4n) is 0.967. The Labute approximate surface area is 69.0 Å². The predicted molar refractivity (Wildman–Crippen MR) is 38.5 cm³/mol.